The maximum absolute atomic E-state index is 13.0. The average Bonchev–Trinajstić information content (AvgIpc) is 2.99. The molecule has 1 saturated heterocycles. The summed E-state index contributed by atoms with van der Waals surface area (Å²) in [5.74, 6) is 0.00790. The number of rotatable bonds is 3. The van der Waals surface area contributed by atoms with Gasteiger partial charge in [0.1, 0.15) is 5.54 Å². The van der Waals surface area contributed by atoms with E-state index >= 15 is 0 Å². The first kappa shape index (κ1) is 17.1. The summed E-state index contributed by atoms with van der Waals surface area (Å²) in [5.41, 5.74) is 1.42. The largest absolute Gasteiger partial charge is 0.319 e. The minimum Gasteiger partial charge on any atom is -0.319 e. The van der Waals surface area contributed by atoms with Gasteiger partial charge in [-0.25, -0.2) is 0 Å². The molecule has 0 radical (unpaired) electrons. The van der Waals surface area contributed by atoms with Crippen molar-refractivity contribution in [2.24, 2.45) is 5.92 Å². The molecule has 6 heteroatoms. The summed E-state index contributed by atoms with van der Waals surface area (Å²) in [4.78, 5) is 42.3. The van der Waals surface area contributed by atoms with Crippen molar-refractivity contribution < 1.29 is 14.4 Å². The van der Waals surface area contributed by atoms with Crippen molar-refractivity contribution >= 4 is 29.1 Å². The fourth-order valence-corrected chi connectivity index (χ4v) is 4.89. The molecule has 2 aliphatic rings. The Labute approximate surface area is 146 Å². The Morgan fingerprint density at radius 1 is 1.25 bits per heavy atom. The van der Waals surface area contributed by atoms with Crippen molar-refractivity contribution in [1.82, 2.24) is 9.80 Å². The van der Waals surface area contributed by atoms with Crippen LogP contribution in [0.15, 0.2) is 0 Å². The molecule has 0 N–H and O–H groups in total. The molecule has 0 aromatic carbocycles. The first-order chi connectivity index (χ1) is 11.2. The molecule has 0 spiro atoms. The second-order valence-corrected chi connectivity index (χ2v) is 8.69. The van der Waals surface area contributed by atoms with Gasteiger partial charge in [-0.3, -0.25) is 19.3 Å². The van der Waals surface area contributed by atoms with E-state index in [9.17, 15) is 14.4 Å². The van der Waals surface area contributed by atoms with Gasteiger partial charge in [-0.15, -0.1) is 11.3 Å². The number of thiophene rings is 1. The molecule has 1 unspecified atom stereocenters. The van der Waals surface area contributed by atoms with Crippen molar-refractivity contribution in [2.75, 3.05) is 7.05 Å². The van der Waals surface area contributed by atoms with Gasteiger partial charge < -0.3 is 4.90 Å². The fraction of sp³-hybridized carbons (Fsp3) is 0.611. The Kier molecular flexibility index (Phi) is 4.06. The Morgan fingerprint density at radius 2 is 1.92 bits per heavy atom. The van der Waals surface area contributed by atoms with E-state index in [-0.39, 0.29) is 17.7 Å². The molecule has 5 nitrogen and oxygen atoms in total. The van der Waals surface area contributed by atoms with Crippen LogP contribution in [0.3, 0.4) is 0 Å². The minimum atomic E-state index is -0.929. The summed E-state index contributed by atoms with van der Waals surface area (Å²) in [6.45, 7) is 8.68. The van der Waals surface area contributed by atoms with Crippen LogP contribution < -0.4 is 0 Å². The molecule has 1 atom stereocenters. The topological polar surface area (TPSA) is 57.7 Å². The number of likely N-dealkylation sites (N-methyl/N-ethyl adjacent to an activating group) is 1. The molecule has 1 aromatic rings. The monoisotopic (exact) mass is 348 g/mol. The van der Waals surface area contributed by atoms with Crippen molar-refractivity contribution in [1.29, 1.82) is 0 Å². The van der Waals surface area contributed by atoms with E-state index in [0.29, 0.717) is 25.3 Å². The van der Waals surface area contributed by atoms with Crippen LogP contribution in [0.2, 0.25) is 0 Å². The molecular weight excluding hydrogens is 324 g/mol. The van der Waals surface area contributed by atoms with Gasteiger partial charge in [0.25, 0.3) is 11.8 Å². The predicted molar refractivity (Wildman–Crippen MR) is 92.9 cm³/mol. The number of likely N-dealkylation sites (tertiary alicyclic amines) is 1. The standard InChI is InChI=1S/C18H24N2O3S/c1-10(2)8-12-11(3)24-15-13(12)9-20(16(15)22)18(4)7-6-14(21)19(5)17(18)23/h10H,6-9H2,1-5H3. The molecule has 130 valence electrons. The molecule has 1 fully saturated rings. The average molecular weight is 348 g/mol. The van der Waals surface area contributed by atoms with Crippen LogP contribution in [0.4, 0.5) is 0 Å². The molecule has 24 heavy (non-hydrogen) atoms. The number of fused-ring (bicyclic) bond motifs is 1. The number of hydrogen-bond donors (Lipinski definition) is 0. The summed E-state index contributed by atoms with van der Waals surface area (Å²) in [6, 6.07) is 0. The van der Waals surface area contributed by atoms with Gasteiger partial charge in [-0.2, -0.15) is 0 Å². The third kappa shape index (κ3) is 2.39. The molecule has 0 bridgehead atoms. The lowest BCUT2D eigenvalue weighted by molar-refractivity contribution is -0.155. The number of hydrogen-bond acceptors (Lipinski definition) is 4. The molecule has 3 rings (SSSR count). The zero-order valence-corrected chi connectivity index (χ0v) is 15.7. The quantitative estimate of drug-likeness (QED) is 0.789. The lowest BCUT2D eigenvalue weighted by Gasteiger charge is -2.42. The summed E-state index contributed by atoms with van der Waals surface area (Å²) in [6.07, 6.45) is 1.64. The van der Waals surface area contributed by atoms with Gasteiger partial charge in [-0.05, 0) is 43.7 Å². The second kappa shape index (κ2) is 5.69. The Balaban J connectivity index is 1.95. The zero-order chi connectivity index (χ0) is 17.8. The van der Waals surface area contributed by atoms with Crippen molar-refractivity contribution in [3.8, 4) is 0 Å². The van der Waals surface area contributed by atoms with E-state index in [1.54, 1.807) is 11.8 Å². The summed E-state index contributed by atoms with van der Waals surface area (Å²) in [5, 5.41) is 0. The summed E-state index contributed by atoms with van der Waals surface area (Å²) >= 11 is 1.54. The smallest absolute Gasteiger partial charge is 0.265 e. The van der Waals surface area contributed by atoms with Gasteiger partial charge in [0.2, 0.25) is 5.91 Å². The van der Waals surface area contributed by atoms with E-state index in [0.717, 1.165) is 16.9 Å². The first-order valence-electron chi connectivity index (χ1n) is 8.41. The first-order valence-corrected chi connectivity index (χ1v) is 9.22. The van der Waals surface area contributed by atoms with Crippen molar-refractivity contribution in [3.63, 3.8) is 0 Å². The van der Waals surface area contributed by atoms with E-state index in [1.807, 2.05) is 0 Å². The van der Waals surface area contributed by atoms with Gasteiger partial charge in [0.05, 0.1) is 4.88 Å². The lowest BCUT2D eigenvalue weighted by atomic mass is 9.88. The van der Waals surface area contributed by atoms with Crippen LogP contribution in [0.5, 0.6) is 0 Å². The molecule has 1 aromatic heterocycles. The van der Waals surface area contributed by atoms with Crippen molar-refractivity contribution in [2.45, 2.75) is 59.0 Å². The number of piperidine rings is 1. The molecular formula is C18H24N2O3S. The Morgan fingerprint density at radius 3 is 2.54 bits per heavy atom. The third-order valence-corrected chi connectivity index (χ3v) is 6.43. The Hall–Kier alpha value is -1.69. The van der Waals surface area contributed by atoms with Crippen LogP contribution in [0.25, 0.3) is 0 Å². The van der Waals surface area contributed by atoms with Gasteiger partial charge >= 0.3 is 0 Å². The molecule has 3 amide bonds. The maximum atomic E-state index is 13.0. The normalized spacial score (nSPS) is 24.3. The van der Waals surface area contributed by atoms with Crippen molar-refractivity contribution in [3.05, 3.63) is 20.9 Å². The summed E-state index contributed by atoms with van der Waals surface area (Å²) < 4.78 is 0. The van der Waals surface area contributed by atoms with Crippen LogP contribution in [0.1, 0.15) is 59.3 Å². The van der Waals surface area contributed by atoms with E-state index in [4.69, 9.17) is 0 Å². The number of amides is 3. The third-order valence-electron chi connectivity index (χ3n) is 5.25. The van der Waals surface area contributed by atoms with E-state index < -0.39 is 5.54 Å². The predicted octanol–water partition coefficient (Wildman–Crippen LogP) is 2.75. The Bertz CT molecular complexity index is 737. The number of aryl methyl sites for hydroxylation is 1. The minimum absolute atomic E-state index is 0.0632. The number of carbonyl (C=O) groups excluding carboxylic acids is 3. The second-order valence-electron chi connectivity index (χ2n) is 7.47. The maximum Gasteiger partial charge on any atom is 0.265 e. The molecule has 0 saturated carbocycles. The van der Waals surface area contributed by atoms with E-state index in [2.05, 4.69) is 20.8 Å². The highest BCUT2D eigenvalue weighted by Crippen LogP contribution is 2.41. The number of nitrogens with zero attached hydrogens (tertiary/aromatic N) is 2. The van der Waals surface area contributed by atoms with E-state index in [1.165, 1.54) is 33.7 Å². The van der Waals surface area contributed by atoms with Crippen LogP contribution in [-0.2, 0) is 22.6 Å². The van der Waals surface area contributed by atoms with Crippen LogP contribution in [-0.4, -0.2) is 40.1 Å². The fourth-order valence-electron chi connectivity index (χ4n) is 3.74. The lowest BCUT2D eigenvalue weighted by Crippen LogP contribution is -2.61. The van der Waals surface area contributed by atoms with Gasteiger partial charge in [0, 0.05) is 24.9 Å². The summed E-state index contributed by atoms with van der Waals surface area (Å²) in [7, 11) is 1.51. The number of carbonyl (C=O) groups is 3. The highest BCUT2D eigenvalue weighted by atomic mass is 32.1. The number of imide groups is 1. The highest BCUT2D eigenvalue weighted by molar-refractivity contribution is 7.14. The van der Waals surface area contributed by atoms with Crippen LogP contribution in [0, 0.1) is 12.8 Å². The van der Waals surface area contributed by atoms with Crippen LogP contribution >= 0.6 is 11.3 Å². The molecule has 2 aliphatic heterocycles. The SMILES string of the molecule is Cc1sc2c(c1CC(C)C)CN(C1(C)CCC(=O)N(C)C1=O)C2=O. The van der Waals surface area contributed by atoms with Gasteiger partial charge in [0.15, 0.2) is 0 Å². The highest BCUT2D eigenvalue weighted by Gasteiger charge is 2.51. The molecule has 0 aliphatic carbocycles. The molecule has 3 heterocycles. The zero-order valence-electron chi connectivity index (χ0n) is 14.9. The van der Waals surface area contributed by atoms with Gasteiger partial charge in [-0.1, -0.05) is 13.8 Å².